The zero-order chi connectivity index (χ0) is 13.0. The van der Waals surface area contributed by atoms with Crippen LogP contribution in [0.25, 0.3) is 0 Å². The first-order chi connectivity index (χ1) is 8.70. The van der Waals surface area contributed by atoms with Crippen LogP contribution in [0.15, 0.2) is 36.8 Å². The van der Waals surface area contributed by atoms with E-state index in [0.717, 1.165) is 5.56 Å². The molecule has 2 N–H and O–H groups in total. The molecule has 0 aromatic carbocycles. The van der Waals surface area contributed by atoms with Gasteiger partial charge in [-0.3, -0.25) is 9.78 Å². The maximum atomic E-state index is 12.1. The summed E-state index contributed by atoms with van der Waals surface area (Å²) in [6.07, 6.45) is 5.21. The topological polar surface area (TPSA) is 69.2 Å². The molecule has 2 heterocycles. The lowest BCUT2D eigenvalue weighted by Crippen LogP contribution is -2.26. The lowest BCUT2D eigenvalue weighted by Gasteiger charge is -2.16. The van der Waals surface area contributed by atoms with Gasteiger partial charge in [0.2, 0.25) is 0 Å². The van der Waals surface area contributed by atoms with Crippen molar-refractivity contribution in [3.63, 3.8) is 0 Å². The van der Waals surface area contributed by atoms with Crippen molar-refractivity contribution in [1.82, 2.24) is 14.9 Å². The predicted molar refractivity (Wildman–Crippen MR) is 66.8 cm³/mol. The maximum Gasteiger partial charge on any atom is 0.254 e. The van der Waals surface area contributed by atoms with E-state index in [4.69, 9.17) is 5.11 Å². The van der Waals surface area contributed by atoms with Crippen molar-refractivity contribution >= 4 is 5.91 Å². The molecule has 18 heavy (non-hydrogen) atoms. The quantitative estimate of drug-likeness (QED) is 0.849. The van der Waals surface area contributed by atoms with Gasteiger partial charge in [-0.25, -0.2) is 0 Å². The number of aliphatic hydroxyl groups excluding tert-OH is 1. The van der Waals surface area contributed by atoms with Crippen molar-refractivity contribution in [2.45, 2.75) is 13.2 Å². The van der Waals surface area contributed by atoms with Crippen LogP contribution >= 0.6 is 0 Å². The second kappa shape index (κ2) is 5.46. The van der Waals surface area contributed by atoms with Gasteiger partial charge in [-0.15, -0.1) is 0 Å². The number of carbonyl (C=O) groups excluding carboxylic acids is 1. The number of aromatic nitrogens is 2. The van der Waals surface area contributed by atoms with Gasteiger partial charge in [-0.05, 0) is 23.8 Å². The van der Waals surface area contributed by atoms with Crippen molar-refractivity contribution < 1.29 is 9.90 Å². The Morgan fingerprint density at radius 1 is 1.50 bits per heavy atom. The molecule has 0 aliphatic rings. The number of nitrogens with zero attached hydrogens (tertiary/aromatic N) is 2. The number of nitrogens with one attached hydrogen (secondary N) is 1. The van der Waals surface area contributed by atoms with Gasteiger partial charge >= 0.3 is 0 Å². The maximum absolute atomic E-state index is 12.1. The SMILES string of the molecule is CN(Cc1cc[nH]c1)C(=O)c1ccnc(CO)c1. The molecule has 2 aromatic heterocycles. The second-order valence-electron chi connectivity index (χ2n) is 4.07. The van der Waals surface area contributed by atoms with Gasteiger partial charge in [0.15, 0.2) is 0 Å². The van der Waals surface area contributed by atoms with Crippen LogP contribution in [0.1, 0.15) is 21.6 Å². The molecule has 0 atom stereocenters. The summed E-state index contributed by atoms with van der Waals surface area (Å²) in [6.45, 7) is 0.377. The second-order valence-corrected chi connectivity index (χ2v) is 4.07. The number of carbonyl (C=O) groups is 1. The molecule has 5 heteroatoms. The van der Waals surface area contributed by atoms with Crippen LogP contribution in [-0.4, -0.2) is 32.9 Å². The summed E-state index contributed by atoms with van der Waals surface area (Å²) >= 11 is 0. The van der Waals surface area contributed by atoms with Gasteiger partial charge in [0.1, 0.15) is 0 Å². The highest BCUT2D eigenvalue weighted by Gasteiger charge is 2.12. The van der Waals surface area contributed by atoms with Gasteiger partial charge in [0.05, 0.1) is 12.3 Å². The lowest BCUT2D eigenvalue weighted by molar-refractivity contribution is 0.0785. The monoisotopic (exact) mass is 245 g/mol. The minimum absolute atomic E-state index is 0.0895. The van der Waals surface area contributed by atoms with Gasteiger partial charge in [0.25, 0.3) is 5.91 Å². The minimum atomic E-state index is -0.164. The van der Waals surface area contributed by atoms with E-state index < -0.39 is 0 Å². The van der Waals surface area contributed by atoms with E-state index in [2.05, 4.69) is 9.97 Å². The first-order valence-corrected chi connectivity index (χ1v) is 5.63. The number of pyridine rings is 1. The van der Waals surface area contributed by atoms with Crippen LogP contribution in [0.5, 0.6) is 0 Å². The Morgan fingerprint density at radius 3 is 3.00 bits per heavy atom. The van der Waals surface area contributed by atoms with Crippen LogP contribution in [0, 0.1) is 0 Å². The normalized spacial score (nSPS) is 10.3. The van der Waals surface area contributed by atoms with Crippen LogP contribution in [0.3, 0.4) is 0 Å². The van der Waals surface area contributed by atoms with E-state index in [-0.39, 0.29) is 12.5 Å². The Bertz CT molecular complexity index is 523. The molecule has 0 unspecified atom stereocenters. The summed E-state index contributed by atoms with van der Waals surface area (Å²) in [7, 11) is 1.74. The Labute approximate surface area is 105 Å². The van der Waals surface area contributed by atoms with Gasteiger partial charge in [-0.1, -0.05) is 0 Å². The van der Waals surface area contributed by atoms with E-state index in [0.29, 0.717) is 17.8 Å². The third-order valence-electron chi connectivity index (χ3n) is 2.65. The number of amides is 1. The van der Waals surface area contributed by atoms with E-state index in [1.54, 1.807) is 24.1 Å². The third kappa shape index (κ3) is 2.75. The average molecular weight is 245 g/mol. The minimum Gasteiger partial charge on any atom is -0.390 e. The molecular weight excluding hydrogens is 230 g/mol. The third-order valence-corrected chi connectivity index (χ3v) is 2.65. The molecule has 5 nitrogen and oxygen atoms in total. The average Bonchev–Trinajstić information content (AvgIpc) is 2.90. The number of hydrogen-bond acceptors (Lipinski definition) is 3. The summed E-state index contributed by atoms with van der Waals surface area (Å²) in [5.41, 5.74) is 2.07. The van der Waals surface area contributed by atoms with E-state index >= 15 is 0 Å². The van der Waals surface area contributed by atoms with E-state index in [1.165, 1.54) is 6.20 Å². The zero-order valence-corrected chi connectivity index (χ0v) is 10.1. The molecule has 0 saturated heterocycles. The van der Waals surface area contributed by atoms with Crippen molar-refractivity contribution in [1.29, 1.82) is 0 Å². The number of rotatable bonds is 4. The first-order valence-electron chi connectivity index (χ1n) is 5.63. The van der Waals surface area contributed by atoms with Gasteiger partial charge in [0, 0.05) is 37.7 Å². The van der Waals surface area contributed by atoms with E-state index in [1.807, 2.05) is 18.5 Å². The predicted octanol–water partition coefficient (Wildman–Crippen LogP) is 1.17. The summed E-state index contributed by atoms with van der Waals surface area (Å²) in [6, 6.07) is 5.18. The Morgan fingerprint density at radius 2 is 2.33 bits per heavy atom. The standard InChI is InChI=1S/C13H15N3O2/c1-16(8-10-2-4-14-7-10)13(18)11-3-5-15-12(6-11)9-17/h2-7,14,17H,8-9H2,1H3. The largest absolute Gasteiger partial charge is 0.390 e. The van der Waals surface area contributed by atoms with Crippen molar-refractivity contribution in [2.75, 3.05) is 7.05 Å². The summed E-state index contributed by atoms with van der Waals surface area (Å²) in [5, 5.41) is 9.00. The molecule has 2 rings (SSSR count). The Balaban J connectivity index is 2.10. The molecule has 94 valence electrons. The number of aromatic amines is 1. The number of aliphatic hydroxyl groups is 1. The van der Waals surface area contributed by atoms with E-state index in [9.17, 15) is 4.79 Å². The highest BCUT2D eigenvalue weighted by molar-refractivity contribution is 5.94. The van der Waals surface area contributed by atoms with Crippen molar-refractivity contribution in [3.8, 4) is 0 Å². The van der Waals surface area contributed by atoms with Crippen LogP contribution < -0.4 is 0 Å². The molecule has 0 saturated carbocycles. The number of hydrogen-bond donors (Lipinski definition) is 2. The summed E-state index contributed by atoms with van der Waals surface area (Å²) < 4.78 is 0. The molecule has 1 amide bonds. The fraction of sp³-hybridized carbons (Fsp3) is 0.231. The zero-order valence-electron chi connectivity index (χ0n) is 10.1. The molecule has 0 aliphatic heterocycles. The Kier molecular flexibility index (Phi) is 3.74. The summed E-state index contributed by atoms with van der Waals surface area (Å²) in [5.74, 6) is -0.0895. The van der Waals surface area contributed by atoms with Gasteiger partial charge in [-0.2, -0.15) is 0 Å². The van der Waals surface area contributed by atoms with Crippen LogP contribution in [0.2, 0.25) is 0 Å². The van der Waals surface area contributed by atoms with Gasteiger partial charge < -0.3 is 15.0 Å². The van der Waals surface area contributed by atoms with Crippen molar-refractivity contribution in [2.24, 2.45) is 0 Å². The molecular formula is C13H15N3O2. The van der Waals surface area contributed by atoms with Crippen LogP contribution in [-0.2, 0) is 13.2 Å². The first kappa shape index (κ1) is 12.3. The highest BCUT2D eigenvalue weighted by Crippen LogP contribution is 2.08. The Hall–Kier alpha value is -2.14. The summed E-state index contributed by atoms with van der Waals surface area (Å²) in [4.78, 5) is 20.7. The van der Waals surface area contributed by atoms with Crippen LogP contribution in [0.4, 0.5) is 0 Å². The fourth-order valence-corrected chi connectivity index (χ4v) is 1.72. The fourth-order valence-electron chi connectivity index (χ4n) is 1.72. The molecule has 0 bridgehead atoms. The molecule has 0 radical (unpaired) electrons. The number of H-pyrrole nitrogens is 1. The van der Waals surface area contributed by atoms with Crippen molar-refractivity contribution in [3.05, 3.63) is 53.6 Å². The molecule has 0 fully saturated rings. The molecule has 0 aliphatic carbocycles. The smallest absolute Gasteiger partial charge is 0.254 e. The molecule has 2 aromatic rings. The molecule has 0 spiro atoms. The lowest BCUT2D eigenvalue weighted by atomic mass is 10.2. The highest BCUT2D eigenvalue weighted by atomic mass is 16.3.